The van der Waals surface area contributed by atoms with Crippen molar-refractivity contribution in [3.63, 3.8) is 0 Å². The molecule has 30 heavy (non-hydrogen) atoms. The lowest BCUT2D eigenvalue weighted by Gasteiger charge is -2.38. The van der Waals surface area contributed by atoms with E-state index in [0.717, 1.165) is 6.42 Å². The molecule has 1 aromatic carbocycles. The van der Waals surface area contributed by atoms with Gasteiger partial charge >= 0.3 is 0 Å². The Kier molecular flexibility index (Phi) is 5.44. The average Bonchev–Trinajstić information content (AvgIpc) is 3.32. The third kappa shape index (κ3) is 2.90. The molecule has 0 aliphatic carbocycles. The second kappa shape index (κ2) is 7.77. The standard InChI is InChI=1S/C21H27N3O5S/c1-11-10-14-15(18(26)22-2)16-20(28)24(8-9-25)17(21(11,16)30-14)19(27)23-12-4-6-13(29-3)7-5-12/h4-7,11,14-17,25H,8-10H2,1-3H3,(H,22,26)(H,23,27)/t11?,14-,15+,16+,17?,21?/m1/s1. The van der Waals surface area contributed by atoms with Crippen molar-refractivity contribution in [2.24, 2.45) is 17.8 Å². The molecule has 6 atom stereocenters. The number of benzene rings is 1. The quantitative estimate of drug-likeness (QED) is 0.610. The molecule has 3 saturated heterocycles. The van der Waals surface area contributed by atoms with E-state index in [9.17, 15) is 19.5 Å². The number of thioether (sulfide) groups is 1. The Morgan fingerprint density at radius 1 is 1.30 bits per heavy atom. The third-order valence-electron chi connectivity index (χ3n) is 6.74. The first-order valence-corrected chi connectivity index (χ1v) is 11.0. The van der Waals surface area contributed by atoms with Crippen LogP contribution in [0.1, 0.15) is 13.3 Å². The molecule has 8 nitrogen and oxygen atoms in total. The highest BCUT2D eigenvalue weighted by Crippen LogP contribution is 2.68. The minimum atomic E-state index is -0.746. The van der Waals surface area contributed by atoms with Crippen molar-refractivity contribution in [1.82, 2.24) is 10.2 Å². The summed E-state index contributed by atoms with van der Waals surface area (Å²) in [7, 11) is 3.15. The lowest BCUT2D eigenvalue weighted by Crippen LogP contribution is -2.55. The Hall–Kier alpha value is -2.26. The van der Waals surface area contributed by atoms with E-state index in [1.807, 2.05) is 0 Å². The maximum atomic E-state index is 13.5. The van der Waals surface area contributed by atoms with Crippen molar-refractivity contribution < 1.29 is 24.2 Å². The molecular formula is C21H27N3O5S. The molecule has 3 heterocycles. The molecule has 3 fully saturated rings. The van der Waals surface area contributed by atoms with Gasteiger partial charge in [-0.05, 0) is 36.6 Å². The minimum absolute atomic E-state index is 0.0152. The molecular weight excluding hydrogens is 406 g/mol. The predicted molar refractivity (Wildman–Crippen MR) is 113 cm³/mol. The van der Waals surface area contributed by atoms with Crippen LogP contribution in [0.5, 0.6) is 5.75 Å². The van der Waals surface area contributed by atoms with Crippen molar-refractivity contribution in [1.29, 1.82) is 0 Å². The maximum absolute atomic E-state index is 13.5. The van der Waals surface area contributed by atoms with Crippen molar-refractivity contribution >= 4 is 35.2 Å². The maximum Gasteiger partial charge on any atom is 0.248 e. The van der Waals surface area contributed by atoms with E-state index < -0.39 is 22.6 Å². The normalized spacial score (nSPS) is 34.1. The lowest BCUT2D eigenvalue weighted by molar-refractivity contribution is -0.139. The van der Waals surface area contributed by atoms with Crippen LogP contribution < -0.4 is 15.4 Å². The lowest BCUT2D eigenvalue weighted by atomic mass is 9.66. The molecule has 3 N–H and O–H groups in total. The molecule has 4 rings (SSSR count). The Morgan fingerprint density at radius 2 is 2.00 bits per heavy atom. The van der Waals surface area contributed by atoms with Gasteiger partial charge in [-0.15, -0.1) is 11.8 Å². The number of anilines is 1. The number of aliphatic hydroxyl groups is 1. The number of carbonyl (C=O) groups excluding carboxylic acids is 3. The average molecular weight is 434 g/mol. The topological polar surface area (TPSA) is 108 Å². The first-order chi connectivity index (χ1) is 14.4. The zero-order chi connectivity index (χ0) is 21.6. The summed E-state index contributed by atoms with van der Waals surface area (Å²) in [6, 6.07) is 6.25. The molecule has 162 valence electrons. The van der Waals surface area contributed by atoms with Crippen LogP contribution in [0, 0.1) is 17.8 Å². The van der Waals surface area contributed by atoms with E-state index >= 15 is 0 Å². The number of methoxy groups -OCH3 is 1. The molecule has 1 spiro atoms. The van der Waals surface area contributed by atoms with Crippen LogP contribution in [0.2, 0.25) is 0 Å². The van der Waals surface area contributed by atoms with Gasteiger partial charge in [0.15, 0.2) is 0 Å². The summed E-state index contributed by atoms with van der Waals surface area (Å²) in [6.45, 7) is 1.88. The molecule has 0 saturated carbocycles. The summed E-state index contributed by atoms with van der Waals surface area (Å²) >= 11 is 1.61. The van der Waals surface area contributed by atoms with Gasteiger partial charge in [-0.3, -0.25) is 14.4 Å². The second-order valence-electron chi connectivity index (χ2n) is 8.14. The Labute approximate surface area is 179 Å². The van der Waals surface area contributed by atoms with Crippen molar-refractivity contribution in [2.45, 2.75) is 29.4 Å². The fourth-order valence-electron chi connectivity index (χ4n) is 5.52. The van der Waals surface area contributed by atoms with E-state index in [-0.39, 0.29) is 42.0 Å². The van der Waals surface area contributed by atoms with Crippen LogP contribution >= 0.6 is 11.8 Å². The minimum Gasteiger partial charge on any atom is -0.497 e. The fourth-order valence-corrected chi connectivity index (χ4v) is 7.94. The number of aliphatic hydroxyl groups excluding tert-OH is 1. The van der Waals surface area contributed by atoms with E-state index in [4.69, 9.17) is 4.74 Å². The van der Waals surface area contributed by atoms with Crippen molar-refractivity contribution in [3.8, 4) is 5.75 Å². The molecule has 2 bridgehead atoms. The number of carbonyl (C=O) groups is 3. The molecule has 0 aromatic heterocycles. The summed E-state index contributed by atoms with van der Waals surface area (Å²) in [5.74, 6) is -0.900. The van der Waals surface area contributed by atoms with Gasteiger partial charge in [0, 0.05) is 24.5 Å². The summed E-state index contributed by atoms with van der Waals surface area (Å²) in [6.07, 6.45) is 0.784. The van der Waals surface area contributed by atoms with Crippen LogP contribution in [0.15, 0.2) is 24.3 Å². The SMILES string of the molecule is CNC(=O)[C@@H]1[C@H]2C(=O)N(CCO)C(C(=O)Nc3ccc(OC)cc3)C23S[C@@H]1CC3C. The molecule has 3 unspecified atom stereocenters. The van der Waals surface area contributed by atoms with Gasteiger partial charge < -0.3 is 25.4 Å². The number of amides is 3. The van der Waals surface area contributed by atoms with Crippen molar-refractivity contribution in [2.75, 3.05) is 32.6 Å². The summed E-state index contributed by atoms with van der Waals surface area (Å²) in [5, 5.41) is 15.2. The van der Waals surface area contributed by atoms with E-state index in [1.165, 1.54) is 4.90 Å². The van der Waals surface area contributed by atoms with Crippen LogP contribution in [-0.4, -0.2) is 71.1 Å². The van der Waals surface area contributed by atoms with Crippen LogP contribution in [0.25, 0.3) is 0 Å². The van der Waals surface area contributed by atoms with Gasteiger partial charge in [0.1, 0.15) is 11.8 Å². The van der Waals surface area contributed by atoms with Crippen LogP contribution in [0.4, 0.5) is 5.69 Å². The van der Waals surface area contributed by atoms with Gasteiger partial charge in [0.05, 0.1) is 30.3 Å². The zero-order valence-electron chi connectivity index (χ0n) is 17.3. The van der Waals surface area contributed by atoms with Gasteiger partial charge in [0.25, 0.3) is 0 Å². The molecule has 9 heteroatoms. The van der Waals surface area contributed by atoms with Gasteiger partial charge in [-0.1, -0.05) is 6.92 Å². The zero-order valence-corrected chi connectivity index (χ0v) is 18.1. The molecule has 3 aliphatic rings. The van der Waals surface area contributed by atoms with Gasteiger partial charge in [-0.2, -0.15) is 0 Å². The Bertz CT molecular complexity index is 863. The molecule has 0 radical (unpaired) electrons. The first kappa shape index (κ1) is 21.0. The number of nitrogens with zero attached hydrogens (tertiary/aromatic N) is 1. The summed E-state index contributed by atoms with van der Waals surface area (Å²) in [5.41, 5.74) is 0.602. The highest BCUT2D eigenvalue weighted by Gasteiger charge is 2.75. The molecule has 1 aromatic rings. The van der Waals surface area contributed by atoms with Crippen molar-refractivity contribution in [3.05, 3.63) is 24.3 Å². The number of fused-ring (bicyclic) bond motifs is 1. The van der Waals surface area contributed by atoms with E-state index in [0.29, 0.717) is 11.4 Å². The third-order valence-corrected chi connectivity index (χ3v) is 8.82. The fraction of sp³-hybridized carbons (Fsp3) is 0.571. The first-order valence-electron chi connectivity index (χ1n) is 10.1. The summed E-state index contributed by atoms with van der Waals surface area (Å²) < 4.78 is 4.48. The molecule has 3 aliphatic heterocycles. The number of rotatable bonds is 6. The van der Waals surface area contributed by atoms with Gasteiger partial charge in [-0.25, -0.2) is 0 Å². The van der Waals surface area contributed by atoms with E-state index in [2.05, 4.69) is 17.6 Å². The number of likely N-dealkylation sites (tertiary alicyclic amines) is 1. The predicted octanol–water partition coefficient (Wildman–Crippen LogP) is 0.709. The van der Waals surface area contributed by atoms with Crippen LogP contribution in [-0.2, 0) is 14.4 Å². The number of β-amino-alcohol motifs (C(OH)–C–C–N with tert-alkyl or cyclic N) is 1. The number of nitrogens with one attached hydrogen (secondary N) is 2. The smallest absolute Gasteiger partial charge is 0.248 e. The second-order valence-corrected chi connectivity index (χ2v) is 9.69. The molecule has 3 amide bonds. The number of hydrogen-bond acceptors (Lipinski definition) is 6. The van der Waals surface area contributed by atoms with Gasteiger partial charge in [0.2, 0.25) is 17.7 Å². The number of ether oxygens (including phenoxy) is 1. The Balaban J connectivity index is 1.70. The Morgan fingerprint density at radius 3 is 2.60 bits per heavy atom. The number of hydrogen-bond donors (Lipinski definition) is 3. The summed E-state index contributed by atoms with van der Waals surface area (Å²) in [4.78, 5) is 41.0. The highest BCUT2D eigenvalue weighted by molar-refractivity contribution is 8.02. The van der Waals surface area contributed by atoms with Crippen LogP contribution in [0.3, 0.4) is 0 Å². The van der Waals surface area contributed by atoms with E-state index in [1.54, 1.807) is 50.2 Å². The monoisotopic (exact) mass is 433 g/mol. The highest BCUT2D eigenvalue weighted by atomic mass is 32.2. The largest absolute Gasteiger partial charge is 0.497 e.